The van der Waals surface area contributed by atoms with Crippen LogP contribution in [0.4, 0.5) is 9.59 Å². The number of hydrogen-bond donors (Lipinski definition) is 0. The molecule has 3 saturated heterocycles. The number of ether oxygens (including phenoxy) is 2. The molecule has 1 spiro atoms. The molecule has 0 aromatic rings. The van der Waals surface area contributed by atoms with Gasteiger partial charge in [0, 0.05) is 45.6 Å². The Kier molecular flexibility index (Phi) is 4.99. The molecule has 0 saturated carbocycles. The fraction of sp³-hybridized carbons (Fsp3) is 0.765. The SMILES string of the molecule is C=C1N(CCCC)C(=O)OC12CCN(C(=O)N1CCOCC1)CC2. The van der Waals surface area contributed by atoms with Gasteiger partial charge in [0.1, 0.15) is 0 Å². The summed E-state index contributed by atoms with van der Waals surface area (Å²) in [6, 6.07) is 0.0610. The van der Waals surface area contributed by atoms with Gasteiger partial charge in [-0.2, -0.15) is 0 Å². The van der Waals surface area contributed by atoms with Crippen LogP contribution in [0.3, 0.4) is 0 Å². The van der Waals surface area contributed by atoms with Crippen molar-refractivity contribution in [1.29, 1.82) is 0 Å². The van der Waals surface area contributed by atoms with Crippen LogP contribution in [0.5, 0.6) is 0 Å². The number of urea groups is 1. The van der Waals surface area contributed by atoms with Gasteiger partial charge < -0.3 is 19.3 Å². The van der Waals surface area contributed by atoms with Crippen molar-refractivity contribution in [2.24, 2.45) is 0 Å². The van der Waals surface area contributed by atoms with E-state index in [1.807, 2.05) is 9.80 Å². The van der Waals surface area contributed by atoms with Crippen molar-refractivity contribution in [2.75, 3.05) is 45.9 Å². The highest BCUT2D eigenvalue weighted by Gasteiger charge is 2.50. The highest BCUT2D eigenvalue weighted by atomic mass is 16.6. The summed E-state index contributed by atoms with van der Waals surface area (Å²) >= 11 is 0. The summed E-state index contributed by atoms with van der Waals surface area (Å²) in [6.45, 7) is 10.5. The van der Waals surface area contributed by atoms with E-state index in [1.54, 1.807) is 4.90 Å². The molecule has 134 valence electrons. The van der Waals surface area contributed by atoms with Crippen molar-refractivity contribution in [1.82, 2.24) is 14.7 Å². The van der Waals surface area contributed by atoms with Crippen LogP contribution in [0.2, 0.25) is 0 Å². The fourth-order valence-corrected chi connectivity index (χ4v) is 3.58. The van der Waals surface area contributed by atoms with E-state index in [0.29, 0.717) is 58.8 Å². The van der Waals surface area contributed by atoms with Gasteiger partial charge in [0.05, 0.1) is 18.9 Å². The number of rotatable bonds is 3. The first-order valence-corrected chi connectivity index (χ1v) is 8.89. The van der Waals surface area contributed by atoms with E-state index in [0.717, 1.165) is 18.5 Å². The first-order chi connectivity index (χ1) is 11.6. The zero-order valence-corrected chi connectivity index (χ0v) is 14.5. The Balaban J connectivity index is 1.59. The summed E-state index contributed by atoms with van der Waals surface area (Å²) in [6.07, 6.45) is 2.91. The summed E-state index contributed by atoms with van der Waals surface area (Å²) in [5.74, 6) is 0. The molecular formula is C17H27N3O4. The lowest BCUT2D eigenvalue weighted by molar-refractivity contribution is 0.00948. The van der Waals surface area contributed by atoms with Crippen LogP contribution in [-0.2, 0) is 9.47 Å². The Bertz CT molecular complexity index is 508. The van der Waals surface area contributed by atoms with Crippen LogP contribution < -0.4 is 0 Å². The van der Waals surface area contributed by atoms with Gasteiger partial charge in [0.25, 0.3) is 0 Å². The average molecular weight is 337 g/mol. The van der Waals surface area contributed by atoms with E-state index >= 15 is 0 Å². The minimum atomic E-state index is -0.618. The molecule has 0 aliphatic carbocycles. The average Bonchev–Trinajstić information content (AvgIpc) is 2.84. The van der Waals surface area contributed by atoms with Gasteiger partial charge in [-0.05, 0) is 6.42 Å². The summed E-state index contributed by atoms with van der Waals surface area (Å²) in [5, 5.41) is 0. The number of amides is 3. The third-order valence-corrected chi connectivity index (χ3v) is 5.21. The Morgan fingerprint density at radius 2 is 1.79 bits per heavy atom. The molecule has 24 heavy (non-hydrogen) atoms. The molecule has 0 bridgehead atoms. The molecule has 3 amide bonds. The van der Waals surface area contributed by atoms with Gasteiger partial charge in [0.15, 0.2) is 5.60 Å². The van der Waals surface area contributed by atoms with Crippen molar-refractivity contribution in [3.8, 4) is 0 Å². The molecule has 3 fully saturated rings. The molecule has 0 aromatic carbocycles. The predicted octanol–water partition coefficient (Wildman–Crippen LogP) is 2.04. The molecule has 7 nitrogen and oxygen atoms in total. The van der Waals surface area contributed by atoms with E-state index in [1.165, 1.54) is 0 Å². The number of carbonyl (C=O) groups excluding carboxylic acids is 2. The summed E-state index contributed by atoms with van der Waals surface area (Å²) in [4.78, 5) is 30.1. The van der Waals surface area contributed by atoms with E-state index < -0.39 is 5.60 Å². The second-order valence-corrected chi connectivity index (χ2v) is 6.68. The topological polar surface area (TPSA) is 62.3 Å². The van der Waals surface area contributed by atoms with Gasteiger partial charge in [-0.25, -0.2) is 9.59 Å². The Morgan fingerprint density at radius 3 is 2.42 bits per heavy atom. The number of morpholine rings is 1. The Hall–Kier alpha value is -1.76. The predicted molar refractivity (Wildman–Crippen MR) is 88.6 cm³/mol. The van der Waals surface area contributed by atoms with Crippen molar-refractivity contribution < 1.29 is 19.1 Å². The number of unbranched alkanes of at least 4 members (excludes halogenated alkanes) is 1. The quantitative estimate of drug-likeness (QED) is 0.791. The lowest BCUT2D eigenvalue weighted by atomic mass is 9.88. The fourth-order valence-electron chi connectivity index (χ4n) is 3.58. The van der Waals surface area contributed by atoms with Crippen LogP contribution in [0.1, 0.15) is 32.6 Å². The first-order valence-electron chi connectivity index (χ1n) is 8.89. The van der Waals surface area contributed by atoms with E-state index in [2.05, 4.69) is 13.5 Å². The third-order valence-electron chi connectivity index (χ3n) is 5.21. The summed E-state index contributed by atoms with van der Waals surface area (Å²) < 4.78 is 11.0. The van der Waals surface area contributed by atoms with E-state index in [-0.39, 0.29) is 12.1 Å². The Labute approximate surface area is 143 Å². The van der Waals surface area contributed by atoms with Crippen molar-refractivity contribution >= 4 is 12.1 Å². The highest BCUT2D eigenvalue weighted by Crippen LogP contribution is 2.40. The highest BCUT2D eigenvalue weighted by molar-refractivity contribution is 5.76. The standard InChI is InChI=1S/C17H27N3O4/c1-3-4-7-20-14(2)17(24-16(20)22)5-8-18(9-6-17)15(21)19-10-12-23-13-11-19/h2-13H2,1H3. The third kappa shape index (κ3) is 3.09. The van der Waals surface area contributed by atoms with Gasteiger partial charge in [0.2, 0.25) is 0 Å². The molecule has 7 heteroatoms. The van der Waals surface area contributed by atoms with E-state index in [9.17, 15) is 9.59 Å². The number of carbonyl (C=O) groups is 2. The van der Waals surface area contributed by atoms with Crippen molar-refractivity contribution in [2.45, 2.75) is 38.2 Å². The minimum Gasteiger partial charge on any atom is -0.436 e. The lowest BCUT2D eigenvalue weighted by Gasteiger charge is -2.40. The summed E-state index contributed by atoms with van der Waals surface area (Å²) in [7, 11) is 0. The monoisotopic (exact) mass is 337 g/mol. The number of nitrogens with zero attached hydrogens (tertiary/aromatic N) is 3. The molecule has 3 aliphatic rings. The number of hydrogen-bond acceptors (Lipinski definition) is 4. The molecule has 3 aliphatic heterocycles. The van der Waals surface area contributed by atoms with Crippen molar-refractivity contribution in [3.05, 3.63) is 12.3 Å². The molecule has 3 heterocycles. The number of likely N-dealkylation sites (tertiary alicyclic amines) is 1. The van der Waals surface area contributed by atoms with E-state index in [4.69, 9.17) is 9.47 Å². The lowest BCUT2D eigenvalue weighted by Crippen LogP contribution is -2.53. The van der Waals surface area contributed by atoms with Crippen LogP contribution >= 0.6 is 0 Å². The molecule has 3 rings (SSSR count). The second-order valence-electron chi connectivity index (χ2n) is 6.68. The molecule has 0 atom stereocenters. The molecule has 0 radical (unpaired) electrons. The zero-order valence-electron chi connectivity index (χ0n) is 14.5. The maximum Gasteiger partial charge on any atom is 0.415 e. The minimum absolute atomic E-state index is 0.0610. The zero-order chi connectivity index (χ0) is 17.2. The second kappa shape index (κ2) is 7.01. The smallest absolute Gasteiger partial charge is 0.415 e. The normalized spacial score (nSPS) is 23.8. The van der Waals surface area contributed by atoms with Gasteiger partial charge >= 0.3 is 12.1 Å². The van der Waals surface area contributed by atoms with Gasteiger partial charge in [-0.1, -0.05) is 19.9 Å². The maximum absolute atomic E-state index is 12.6. The van der Waals surface area contributed by atoms with Gasteiger partial charge in [-0.3, -0.25) is 4.90 Å². The van der Waals surface area contributed by atoms with Crippen LogP contribution in [0.25, 0.3) is 0 Å². The maximum atomic E-state index is 12.6. The molecule has 0 aromatic heterocycles. The first kappa shape index (κ1) is 17.1. The Morgan fingerprint density at radius 1 is 1.17 bits per heavy atom. The summed E-state index contributed by atoms with van der Waals surface area (Å²) in [5.41, 5.74) is 0.145. The number of piperidine rings is 1. The van der Waals surface area contributed by atoms with Crippen LogP contribution in [-0.4, -0.2) is 78.4 Å². The molecule has 0 unspecified atom stereocenters. The molecular weight excluding hydrogens is 310 g/mol. The van der Waals surface area contributed by atoms with Crippen LogP contribution in [0, 0.1) is 0 Å². The largest absolute Gasteiger partial charge is 0.436 e. The van der Waals surface area contributed by atoms with Crippen molar-refractivity contribution in [3.63, 3.8) is 0 Å². The molecule has 0 N–H and O–H groups in total. The van der Waals surface area contributed by atoms with Gasteiger partial charge in [-0.15, -0.1) is 0 Å². The van der Waals surface area contributed by atoms with Crippen LogP contribution in [0.15, 0.2) is 12.3 Å².